The molecular formula is C22H28FN3O4S. The van der Waals surface area contributed by atoms with Gasteiger partial charge in [-0.3, -0.25) is 13.9 Å². The van der Waals surface area contributed by atoms with Crippen LogP contribution in [0.25, 0.3) is 0 Å². The quantitative estimate of drug-likeness (QED) is 0.602. The van der Waals surface area contributed by atoms with E-state index in [2.05, 4.69) is 5.32 Å². The lowest BCUT2D eigenvalue weighted by Crippen LogP contribution is -2.52. The molecule has 2 amide bonds. The Balaban J connectivity index is 2.32. The van der Waals surface area contributed by atoms with Crippen molar-refractivity contribution in [2.75, 3.05) is 30.7 Å². The number of hydrogen-bond acceptors (Lipinski definition) is 4. The van der Waals surface area contributed by atoms with Gasteiger partial charge in [0, 0.05) is 13.6 Å². The number of carbonyl (C=O) groups excluding carboxylic acids is 2. The molecule has 0 aromatic heterocycles. The first-order valence-electron chi connectivity index (χ1n) is 9.95. The van der Waals surface area contributed by atoms with Crippen molar-refractivity contribution >= 4 is 27.5 Å². The smallest absolute Gasteiger partial charge is 0.244 e. The lowest BCUT2D eigenvalue weighted by atomic mass is 10.1. The average molecular weight is 450 g/mol. The Kier molecular flexibility index (Phi) is 8.56. The monoisotopic (exact) mass is 449 g/mol. The van der Waals surface area contributed by atoms with Crippen LogP contribution in [-0.4, -0.2) is 57.6 Å². The second-order valence-electron chi connectivity index (χ2n) is 7.11. The van der Waals surface area contributed by atoms with Gasteiger partial charge in [0.1, 0.15) is 18.4 Å². The number of anilines is 1. The molecule has 0 aliphatic heterocycles. The molecule has 0 heterocycles. The fourth-order valence-corrected chi connectivity index (χ4v) is 4.13. The summed E-state index contributed by atoms with van der Waals surface area (Å²) in [7, 11) is -2.33. The number of halogens is 1. The summed E-state index contributed by atoms with van der Waals surface area (Å²) >= 11 is 0. The van der Waals surface area contributed by atoms with E-state index in [9.17, 15) is 22.4 Å². The second-order valence-corrected chi connectivity index (χ2v) is 9.01. The van der Waals surface area contributed by atoms with E-state index in [0.717, 1.165) is 28.3 Å². The highest BCUT2D eigenvalue weighted by Crippen LogP contribution is 2.19. The topological polar surface area (TPSA) is 86.8 Å². The van der Waals surface area contributed by atoms with E-state index in [1.165, 1.54) is 24.1 Å². The molecule has 1 atom stereocenters. The first kappa shape index (κ1) is 24.3. The molecule has 31 heavy (non-hydrogen) atoms. The van der Waals surface area contributed by atoms with E-state index in [0.29, 0.717) is 12.8 Å². The summed E-state index contributed by atoms with van der Waals surface area (Å²) in [5.41, 5.74) is 1.17. The molecule has 0 radical (unpaired) electrons. The fraction of sp³-hybridized carbons (Fsp3) is 0.364. The molecule has 0 saturated heterocycles. The van der Waals surface area contributed by atoms with Crippen molar-refractivity contribution in [3.63, 3.8) is 0 Å². The minimum atomic E-state index is -3.82. The van der Waals surface area contributed by atoms with Gasteiger partial charge in [0.25, 0.3) is 0 Å². The average Bonchev–Trinajstić information content (AvgIpc) is 2.75. The van der Waals surface area contributed by atoms with Crippen LogP contribution in [0.5, 0.6) is 0 Å². The summed E-state index contributed by atoms with van der Waals surface area (Å²) in [4.78, 5) is 27.1. The zero-order valence-corrected chi connectivity index (χ0v) is 18.7. The third-order valence-electron chi connectivity index (χ3n) is 4.91. The zero-order chi connectivity index (χ0) is 23.0. The molecule has 0 bridgehead atoms. The molecule has 0 unspecified atom stereocenters. The molecule has 9 heteroatoms. The van der Waals surface area contributed by atoms with Crippen molar-refractivity contribution < 1.29 is 22.4 Å². The summed E-state index contributed by atoms with van der Waals surface area (Å²) in [6.07, 6.45) is 1.86. The van der Waals surface area contributed by atoms with Crippen LogP contribution in [0.3, 0.4) is 0 Å². The van der Waals surface area contributed by atoms with Gasteiger partial charge in [0.2, 0.25) is 21.8 Å². The summed E-state index contributed by atoms with van der Waals surface area (Å²) in [5.74, 6) is -1.35. The highest BCUT2D eigenvalue weighted by molar-refractivity contribution is 7.92. The normalized spacial score (nSPS) is 12.1. The molecule has 0 fully saturated rings. The number of likely N-dealkylation sites (N-methyl/N-ethyl adjacent to an activating group) is 1. The summed E-state index contributed by atoms with van der Waals surface area (Å²) in [5, 5.41) is 2.56. The van der Waals surface area contributed by atoms with Gasteiger partial charge < -0.3 is 10.2 Å². The number of carbonyl (C=O) groups is 2. The molecule has 1 N–H and O–H groups in total. The van der Waals surface area contributed by atoms with Crippen molar-refractivity contribution in [3.05, 3.63) is 66.0 Å². The Morgan fingerprint density at radius 1 is 1.06 bits per heavy atom. The van der Waals surface area contributed by atoms with Crippen LogP contribution < -0.4 is 9.62 Å². The molecule has 0 spiro atoms. The predicted molar refractivity (Wildman–Crippen MR) is 119 cm³/mol. The summed E-state index contributed by atoms with van der Waals surface area (Å²) in [6.45, 7) is 1.54. The van der Waals surface area contributed by atoms with Gasteiger partial charge in [-0.05, 0) is 42.7 Å². The van der Waals surface area contributed by atoms with Crippen LogP contribution in [0, 0.1) is 5.82 Å². The molecule has 0 saturated carbocycles. The molecule has 168 valence electrons. The molecule has 0 aliphatic rings. The summed E-state index contributed by atoms with van der Waals surface area (Å²) in [6, 6.07) is 13.6. The zero-order valence-electron chi connectivity index (χ0n) is 17.9. The second kappa shape index (κ2) is 10.9. The maximum Gasteiger partial charge on any atom is 0.244 e. The lowest BCUT2D eigenvalue weighted by molar-refractivity contribution is -0.139. The van der Waals surface area contributed by atoms with Crippen molar-refractivity contribution in [1.29, 1.82) is 0 Å². The van der Waals surface area contributed by atoms with E-state index in [4.69, 9.17) is 0 Å². The summed E-state index contributed by atoms with van der Waals surface area (Å²) < 4.78 is 38.9. The number of nitrogens with zero attached hydrogens (tertiary/aromatic N) is 2. The van der Waals surface area contributed by atoms with Gasteiger partial charge in [0.05, 0.1) is 11.9 Å². The van der Waals surface area contributed by atoms with Crippen LogP contribution >= 0.6 is 0 Å². The highest BCUT2D eigenvalue weighted by atomic mass is 32.2. The van der Waals surface area contributed by atoms with E-state index in [1.54, 1.807) is 6.92 Å². The Hall–Kier alpha value is -2.94. The highest BCUT2D eigenvalue weighted by Gasteiger charge is 2.30. The first-order chi connectivity index (χ1) is 14.7. The number of hydrogen-bond donors (Lipinski definition) is 1. The van der Waals surface area contributed by atoms with Crippen molar-refractivity contribution in [2.24, 2.45) is 0 Å². The maximum absolute atomic E-state index is 13.3. The fourth-order valence-electron chi connectivity index (χ4n) is 3.28. The Morgan fingerprint density at radius 3 is 2.19 bits per heavy atom. The Labute approximate surface area is 182 Å². The van der Waals surface area contributed by atoms with E-state index in [1.807, 2.05) is 30.3 Å². The van der Waals surface area contributed by atoms with E-state index < -0.39 is 34.3 Å². The third-order valence-corrected chi connectivity index (χ3v) is 6.05. The van der Waals surface area contributed by atoms with Gasteiger partial charge in [0.15, 0.2) is 0 Å². The molecule has 2 aromatic carbocycles. The predicted octanol–water partition coefficient (Wildman–Crippen LogP) is 2.19. The number of rotatable bonds is 10. The largest absolute Gasteiger partial charge is 0.357 e. The first-order valence-corrected chi connectivity index (χ1v) is 11.8. The van der Waals surface area contributed by atoms with Gasteiger partial charge in [-0.2, -0.15) is 0 Å². The van der Waals surface area contributed by atoms with Gasteiger partial charge in [-0.1, -0.05) is 37.3 Å². The maximum atomic E-state index is 13.3. The van der Waals surface area contributed by atoms with E-state index >= 15 is 0 Å². The van der Waals surface area contributed by atoms with Crippen molar-refractivity contribution in [3.8, 4) is 0 Å². The SMILES string of the molecule is CC[C@H](C(=O)NC)N(CCc1ccccc1)C(=O)CN(c1ccc(F)cc1)S(C)(=O)=O. The minimum absolute atomic E-state index is 0.174. The molecule has 2 rings (SSSR count). The van der Waals surface area contributed by atoms with Crippen LogP contribution in [-0.2, 0) is 26.0 Å². The number of sulfonamides is 1. The van der Waals surface area contributed by atoms with Crippen LogP contribution in [0.4, 0.5) is 10.1 Å². The van der Waals surface area contributed by atoms with E-state index in [-0.39, 0.29) is 18.1 Å². The van der Waals surface area contributed by atoms with Crippen LogP contribution in [0.2, 0.25) is 0 Å². The molecule has 0 aliphatic carbocycles. The number of nitrogens with one attached hydrogen (secondary N) is 1. The van der Waals surface area contributed by atoms with Crippen LogP contribution in [0.15, 0.2) is 54.6 Å². The minimum Gasteiger partial charge on any atom is -0.357 e. The Bertz CT molecular complexity index is 982. The Morgan fingerprint density at radius 2 is 1.68 bits per heavy atom. The van der Waals surface area contributed by atoms with Crippen molar-refractivity contribution in [1.82, 2.24) is 10.2 Å². The molecule has 7 nitrogen and oxygen atoms in total. The standard InChI is InChI=1S/C22H28FN3O4S/c1-4-20(22(28)24-2)25(15-14-17-8-6-5-7-9-17)21(27)16-26(31(3,29)30)19-12-10-18(23)11-13-19/h5-13,20H,4,14-16H2,1-3H3,(H,24,28)/t20-/m1/s1. The number of amides is 2. The van der Waals surface area contributed by atoms with Gasteiger partial charge >= 0.3 is 0 Å². The van der Waals surface area contributed by atoms with Gasteiger partial charge in [-0.15, -0.1) is 0 Å². The van der Waals surface area contributed by atoms with Crippen molar-refractivity contribution in [2.45, 2.75) is 25.8 Å². The van der Waals surface area contributed by atoms with Crippen LogP contribution in [0.1, 0.15) is 18.9 Å². The third kappa shape index (κ3) is 6.78. The number of benzene rings is 2. The van der Waals surface area contributed by atoms with Gasteiger partial charge in [-0.25, -0.2) is 12.8 Å². The lowest BCUT2D eigenvalue weighted by Gasteiger charge is -2.32. The molecular weight excluding hydrogens is 421 g/mol. The molecule has 2 aromatic rings.